The zero-order chi connectivity index (χ0) is 23.6. The number of aromatic nitrogens is 3. The number of nitrogens with one attached hydrogen (secondary N) is 1. The smallest absolute Gasteiger partial charge is 0.407 e. The van der Waals surface area contributed by atoms with Gasteiger partial charge in [0.1, 0.15) is 23.5 Å². The summed E-state index contributed by atoms with van der Waals surface area (Å²) >= 11 is 0. The Morgan fingerprint density at radius 2 is 1.94 bits per heavy atom. The van der Waals surface area contributed by atoms with Crippen molar-refractivity contribution in [1.29, 1.82) is 0 Å². The summed E-state index contributed by atoms with van der Waals surface area (Å²) in [7, 11) is 0. The maximum Gasteiger partial charge on any atom is 0.407 e. The number of ether oxygens (including phenoxy) is 2. The van der Waals surface area contributed by atoms with Crippen LogP contribution in [0.2, 0.25) is 0 Å². The lowest BCUT2D eigenvalue weighted by Gasteiger charge is -2.21. The molecule has 0 aliphatic carbocycles. The van der Waals surface area contributed by atoms with Crippen molar-refractivity contribution in [3.63, 3.8) is 0 Å². The van der Waals surface area contributed by atoms with Crippen LogP contribution in [-0.4, -0.2) is 62.3 Å². The maximum atomic E-state index is 13.2. The fraction of sp³-hybridized carbons (Fsp3) is 0.571. The average molecular weight is 447 g/mol. The topological polar surface area (TPSA) is 124 Å². The first-order valence-corrected chi connectivity index (χ1v) is 10.6. The van der Waals surface area contributed by atoms with Crippen LogP contribution >= 0.6 is 0 Å². The molecular formula is C21H29N5O6. The number of fused-ring (bicyclic) bond motifs is 2. The predicted octanol–water partition coefficient (Wildman–Crippen LogP) is 1.10. The first-order valence-electron chi connectivity index (χ1n) is 10.6. The molecule has 2 aromatic rings. The fourth-order valence-electron chi connectivity index (χ4n) is 3.52. The third-order valence-corrected chi connectivity index (χ3v) is 4.87. The molecule has 0 bridgehead atoms. The Hall–Kier alpha value is -3.37. The minimum absolute atomic E-state index is 0.0586. The van der Waals surface area contributed by atoms with Gasteiger partial charge in [0.25, 0.3) is 11.5 Å². The zero-order valence-corrected chi connectivity index (χ0v) is 19.1. The summed E-state index contributed by atoms with van der Waals surface area (Å²) in [5.41, 5.74) is 0.414. The van der Waals surface area contributed by atoms with Crippen molar-refractivity contribution >= 4 is 23.6 Å². The fourth-order valence-corrected chi connectivity index (χ4v) is 3.52. The summed E-state index contributed by atoms with van der Waals surface area (Å²) in [6.07, 6.45) is 0.0100. The SMILES string of the molecule is CCOC(=O)Cn1c2c(c(=O)n3nc(CC)cc13)CN(CCNC(=O)OC(C)(C)C)C2=O. The largest absolute Gasteiger partial charge is 0.465 e. The number of esters is 1. The molecule has 11 heteroatoms. The molecule has 0 atom stereocenters. The normalized spacial score (nSPS) is 13.4. The average Bonchev–Trinajstić information content (AvgIpc) is 3.26. The lowest BCUT2D eigenvalue weighted by Crippen LogP contribution is -2.38. The molecule has 3 heterocycles. The highest BCUT2D eigenvalue weighted by Gasteiger charge is 2.35. The van der Waals surface area contributed by atoms with Gasteiger partial charge in [0, 0.05) is 19.2 Å². The van der Waals surface area contributed by atoms with E-state index in [9.17, 15) is 19.2 Å². The summed E-state index contributed by atoms with van der Waals surface area (Å²) in [6.45, 7) is 9.23. The van der Waals surface area contributed by atoms with Gasteiger partial charge in [-0.2, -0.15) is 9.61 Å². The second-order valence-electron chi connectivity index (χ2n) is 8.44. The van der Waals surface area contributed by atoms with E-state index >= 15 is 0 Å². The number of hydrogen-bond donors (Lipinski definition) is 1. The number of hydrogen-bond acceptors (Lipinski definition) is 7. The Kier molecular flexibility index (Phi) is 6.56. The molecule has 0 saturated heterocycles. The molecule has 3 rings (SSSR count). The van der Waals surface area contributed by atoms with Gasteiger partial charge in [0.15, 0.2) is 0 Å². The Balaban J connectivity index is 1.88. The van der Waals surface area contributed by atoms with Crippen molar-refractivity contribution in [3.8, 4) is 0 Å². The van der Waals surface area contributed by atoms with Crippen LogP contribution in [0.15, 0.2) is 10.9 Å². The summed E-state index contributed by atoms with van der Waals surface area (Å²) in [5, 5.41) is 6.92. The van der Waals surface area contributed by atoms with E-state index in [-0.39, 0.29) is 44.0 Å². The number of nitrogens with zero attached hydrogens (tertiary/aromatic N) is 4. The molecule has 0 unspecified atom stereocenters. The van der Waals surface area contributed by atoms with Crippen LogP contribution < -0.4 is 10.9 Å². The van der Waals surface area contributed by atoms with Crippen molar-refractivity contribution in [1.82, 2.24) is 24.4 Å². The number of carbonyl (C=O) groups is 3. The standard InChI is InChI=1S/C21H29N5O6/c1-6-13-10-15-25(12-16(27)31-7-2)17-14(18(28)26(15)23-13)11-24(19(17)29)9-8-22-20(30)32-21(3,4)5/h10H,6-9,11-12H2,1-5H3,(H,22,30). The van der Waals surface area contributed by atoms with E-state index in [1.54, 1.807) is 33.8 Å². The number of amides is 2. The second-order valence-corrected chi connectivity index (χ2v) is 8.44. The molecule has 0 fully saturated rings. The van der Waals surface area contributed by atoms with Crippen molar-refractivity contribution in [2.24, 2.45) is 0 Å². The van der Waals surface area contributed by atoms with Crippen LogP contribution in [0.4, 0.5) is 4.79 Å². The molecule has 32 heavy (non-hydrogen) atoms. The number of alkyl carbamates (subject to hydrolysis) is 1. The third-order valence-electron chi connectivity index (χ3n) is 4.87. The van der Waals surface area contributed by atoms with Gasteiger partial charge < -0.3 is 24.3 Å². The zero-order valence-electron chi connectivity index (χ0n) is 19.1. The number of rotatable bonds is 7. The van der Waals surface area contributed by atoms with E-state index in [0.717, 1.165) is 0 Å². The molecule has 0 radical (unpaired) electrons. The van der Waals surface area contributed by atoms with Crippen LogP contribution in [0.5, 0.6) is 0 Å². The van der Waals surface area contributed by atoms with E-state index in [1.165, 1.54) is 14.0 Å². The van der Waals surface area contributed by atoms with E-state index in [1.807, 2.05) is 6.92 Å². The van der Waals surface area contributed by atoms with E-state index < -0.39 is 29.1 Å². The Morgan fingerprint density at radius 3 is 2.56 bits per heavy atom. The number of aryl methyl sites for hydroxylation is 1. The van der Waals surface area contributed by atoms with Gasteiger partial charge in [0.2, 0.25) is 0 Å². The van der Waals surface area contributed by atoms with Crippen molar-refractivity contribution in [2.45, 2.75) is 59.7 Å². The monoisotopic (exact) mass is 447 g/mol. The highest BCUT2D eigenvalue weighted by atomic mass is 16.6. The first kappa shape index (κ1) is 23.3. The summed E-state index contributed by atoms with van der Waals surface area (Å²) in [4.78, 5) is 51.8. The van der Waals surface area contributed by atoms with Crippen molar-refractivity contribution in [2.75, 3.05) is 19.7 Å². The summed E-state index contributed by atoms with van der Waals surface area (Å²) in [5.74, 6) is -0.911. The molecule has 2 aromatic heterocycles. The molecular weight excluding hydrogens is 418 g/mol. The van der Waals surface area contributed by atoms with Crippen LogP contribution in [-0.2, 0) is 33.8 Å². The van der Waals surface area contributed by atoms with Crippen LogP contribution in [0.25, 0.3) is 5.65 Å². The summed E-state index contributed by atoms with van der Waals surface area (Å²) < 4.78 is 13.0. The molecule has 0 saturated carbocycles. The third kappa shape index (κ3) is 4.76. The van der Waals surface area contributed by atoms with Crippen molar-refractivity contribution in [3.05, 3.63) is 33.4 Å². The lowest BCUT2D eigenvalue weighted by atomic mass is 10.2. The molecule has 0 spiro atoms. The van der Waals surface area contributed by atoms with Gasteiger partial charge in [-0.15, -0.1) is 0 Å². The second kappa shape index (κ2) is 9.01. The Labute approximate surface area is 185 Å². The van der Waals surface area contributed by atoms with Gasteiger partial charge >= 0.3 is 12.1 Å². The first-order chi connectivity index (χ1) is 15.1. The molecule has 11 nitrogen and oxygen atoms in total. The Morgan fingerprint density at radius 1 is 1.22 bits per heavy atom. The quantitative estimate of drug-likeness (QED) is 0.630. The van der Waals surface area contributed by atoms with Gasteiger partial charge in [-0.05, 0) is 34.1 Å². The predicted molar refractivity (Wildman–Crippen MR) is 114 cm³/mol. The van der Waals surface area contributed by atoms with Crippen LogP contribution in [0.1, 0.15) is 56.4 Å². The van der Waals surface area contributed by atoms with Gasteiger partial charge in [-0.1, -0.05) is 6.92 Å². The van der Waals surface area contributed by atoms with Crippen LogP contribution in [0.3, 0.4) is 0 Å². The van der Waals surface area contributed by atoms with E-state index in [2.05, 4.69) is 10.4 Å². The highest BCUT2D eigenvalue weighted by Crippen LogP contribution is 2.22. The van der Waals surface area contributed by atoms with Crippen LogP contribution in [0, 0.1) is 0 Å². The van der Waals surface area contributed by atoms with Gasteiger partial charge in [0.05, 0.1) is 24.4 Å². The lowest BCUT2D eigenvalue weighted by molar-refractivity contribution is -0.143. The highest BCUT2D eigenvalue weighted by molar-refractivity contribution is 5.97. The molecule has 2 amide bonds. The minimum Gasteiger partial charge on any atom is -0.465 e. The Bertz CT molecular complexity index is 1110. The van der Waals surface area contributed by atoms with Gasteiger partial charge in [-0.3, -0.25) is 14.4 Å². The molecule has 1 aliphatic rings. The van der Waals surface area contributed by atoms with E-state index in [4.69, 9.17) is 9.47 Å². The molecule has 1 aliphatic heterocycles. The van der Waals surface area contributed by atoms with E-state index in [0.29, 0.717) is 17.8 Å². The molecule has 1 N–H and O–H groups in total. The maximum absolute atomic E-state index is 13.2. The van der Waals surface area contributed by atoms with Gasteiger partial charge in [-0.25, -0.2) is 4.79 Å². The number of carbonyl (C=O) groups excluding carboxylic acids is 3. The van der Waals surface area contributed by atoms with Crippen molar-refractivity contribution < 1.29 is 23.9 Å². The molecule has 0 aromatic carbocycles. The minimum atomic E-state index is -0.633. The summed E-state index contributed by atoms with van der Waals surface area (Å²) in [6, 6.07) is 1.70. The molecule has 174 valence electrons.